The maximum atomic E-state index is 12.2. The molecule has 0 radical (unpaired) electrons. The third-order valence-corrected chi connectivity index (χ3v) is 5.23. The topological polar surface area (TPSA) is 42.0 Å². The van der Waals surface area contributed by atoms with Crippen LogP contribution >= 0.6 is 22.9 Å². The Morgan fingerprint density at radius 3 is 2.76 bits per heavy atom. The smallest absolute Gasteiger partial charge is 0.226 e. The van der Waals surface area contributed by atoms with Crippen LogP contribution in [0.1, 0.15) is 22.4 Å². The van der Waals surface area contributed by atoms with Crippen molar-refractivity contribution in [3.63, 3.8) is 0 Å². The molecule has 5 heteroatoms. The van der Waals surface area contributed by atoms with Gasteiger partial charge in [-0.05, 0) is 31.0 Å². The molecular formula is C20H19ClN2OS. The van der Waals surface area contributed by atoms with Crippen LogP contribution in [0.2, 0.25) is 5.02 Å². The molecule has 0 bridgehead atoms. The molecule has 0 aliphatic carbocycles. The predicted molar refractivity (Wildman–Crippen MR) is 104 cm³/mol. The molecule has 0 spiro atoms. The first-order chi connectivity index (χ1) is 12.0. The lowest BCUT2D eigenvalue weighted by Gasteiger charge is -2.08. The molecule has 3 nitrogen and oxygen atoms in total. The van der Waals surface area contributed by atoms with Gasteiger partial charge in [-0.25, -0.2) is 4.98 Å². The van der Waals surface area contributed by atoms with Crippen molar-refractivity contribution in [1.82, 2.24) is 10.3 Å². The highest BCUT2D eigenvalue weighted by Gasteiger charge is 2.11. The zero-order valence-corrected chi connectivity index (χ0v) is 15.7. The van der Waals surface area contributed by atoms with Crippen molar-refractivity contribution in [3.8, 4) is 10.6 Å². The van der Waals surface area contributed by atoms with E-state index in [1.54, 1.807) is 0 Å². The normalized spacial score (nSPS) is 10.7. The minimum atomic E-state index is -0.0315. The number of carbonyl (C=O) groups is 1. The Kier molecular flexibility index (Phi) is 5.51. The van der Waals surface area contributed by atoms with Crippen LogP contribution in [0.15, 0.2) is 47.8 Å². The number of rotatable bonds is 5. The van der Waals surface area contributed by atoms with E-state index in [9.17, 15) is 4.79 Å². The maximum absolute atomic E-state index is 12.2. The van der Waals surface area contributed by atoms with E-state index in [1.165, 1.54) is 22.5 Å². The van der Waals surface area contributed by atoms with Gasteiger partial charge in [0.15, 0.2) is 0 Å². The van der Waals surface area contributed by atoms with Crippen molar-refractivity contribution in [2.45, 2.75) is 26.8 Å². The van der Waals surface area contributed by atoms with E-state index in [4.69, 9.17) is 11.6 Å². The molecule has 1 aromatic heterocycles. The number of aryl methyl sites for hydroxylation is 2. The van der Waals surface area contributed by atoms with Crippen LogP contribution in [0, 0.1) is 13.8 Å². The maximum Gasteiger partial charge on any atom is 0.226 e. The first-order valence-electron chi connectivity index (χ1n) is 8.05. The highest BCUT2D eigenvalue weighted by atomic mass is 35.5. The van der Waals surface area contributed by atoms with Crippen molar-refractivity contribution in [3.05, 3.63) is 75.3 Å². The summed E-state index contributed by atoms with van der Waals surface area (Å²) < 4.78 is 0. The first-order valence-corrected chi connectivity index (χ1v) is 9.31. The minimum Gasteiger partial charge on any atom is -0.352 e. The molecule has 1 amide bonds. The van der Waals surface area contributed by atoms with Gasteiger partial charge in [-0.15, -0.1) is 11.3 Å². The van der Waals surface area contributed by atoms with E-state index in [0.717, 1.165) is 21.8 Å². The summed E-state index contributed by atoms with van der Waals surface area (Å²) in [6.45, 7) is 4.66. The second kappa shape index (κ2) is 7.81. The largest absolute Gasteiger partial charge is 0.352 e. The van der Waals surface area contributed by atoms with Crippen LogP contribution in [0.25, 0.3) is 10.6 Å². The van der Waals surface area contributed by atoms with E-state index in [2.05, 4.69) is 42.3 Å². The van der Waals surface area contributed by atoms with Gasteiger partial charge in [0, 0.05) is 17.5 Å². The van der Waals surface area contributed by atoms with Gasteiger partial charge in [0.1, 0.15) is 5.01 Å². The molecule has 0 aliphatic heterocycles. The van der Waals surface area contributed by atoms with Gasteiger partial charge in [0.25, 0.3) is 0 Å². The summed E-state index contributed by atoms with van der Waals surface area (Å²) in [6.07, 6.45) is 0.270. The van der Waals surface area contributed by atoms with Crippen molar-refractivity contribution in [2.24, 2.45) is 0 Å². The number of aromatic nitrogens is 1. The van der Waals surface area contributed by atoms with Crippen LogP contribution in [-0.4, -0.2) is 10.9 Å². The number of carbonyl (C=O) groups excluding carboxylic acids is 1. The molecule has 2 aromatic carbocycles. The third kappa shape index (κ3) is 4.47. The molecule has 0 saturated carbocycles. The number of benzene rings is 2. The third-order valence-electron chi connectivity index (χ3n) is 3.97. The fourth-order valence-electron chi connectivity index (χ4n) is 2.61. The number of amides is 1. The molecule has 3 aromatic rings. The first kappa shape index (κ1) is 17.6. The van der Waals surface area contributed by atoms with Crippen molar-refractivity contribution in [1.29, 1.82) is 0 Å². The van der Waals surface area contributed by atoms with Crippen molar-refractivity contribution < 1.29 is 4.79 Å². The Morgan fingerprint density at radius 2 is 2.00 bits per heavy atom. The lowest BCUT2D eigenvalue weighted by atomic mass is 10.1. The molecule has 0 unspecified atom stereocenters. The summed E-state index contributed by atoms with van der Waals surface area (Å²) in [5.41, 5.74) is 5.21. The van der Waals surface area contributed by atoms with E-state index in [1.807, 2.05) is 29.6 Å². The fourth-order valence-corrected chi connectivity index (χ4v) is 3.75. The van der Waals surface area contributed by atoms with Crippen LogP contribution in [0.5, 0.6) is 0 Å². The Labute approximate surface area is 156 Å². The van der Waals surface area contributed by atoms with E-state index in [0.29, 0.717) is 11.6 Å². The lowest BCUT2D eigenvalue weighted by molar-refractivity contribution is -0.120. The molecule has 0 atom stereocenters. The molecule has 0 aliphatic rings. The number of hydrogen-bond donors (Lipinski definition) is 1. The number of hydrogen-bond acceptors (Lipinski definition) is 3. The minimum absolute atomic E-state index is 0.0315. The quantitative estimate of drug-likeness (QED) is 0.691. The number of nitrogens with zero attached hydrogens (tertiary/aromatic N) is 1. The van der Waals surface area contributed by atoms with Gasteiger partial charge < -0.3 is 5.32 Å². The van der Waals surface area contributed by atoms with Gasteiger partial charge >= 0.3 is 0 Å². The van der Waals surface area contributed by atoms with Gasteiger partial charge in [0.05, 0.1) is 17.1 Å². The van der Waals surface area contributed by atoms with Gasteiger partial charge in [-0.3, -0.25) is 4.79 Å². The van der Waals surface area contributed by atoms with Crippen LogP contribution in [0.3, 0.4) is 0 Å². The summed E-state index contributed by atoms with van der Waals surface area (Å²) in [4.78, 5) is 16.7. The van der Waals surface area contributed by atoms with Crippen molar-refractivity contribution in [2.75, 3.05) is 0 Å². The zero-order valence-electron chi connectivity index (χ0n) is 14.2. The lowest BCUT2D eigenvalue weighted by Crippen LogP contribution is -2.25. The van der Waals surface area contributed by atoms with E-state index < -0.39 is 0 Å². The number of nitrogens with one attached hydrogen (secondary N) is 1. The Balaban J connectivity index is 1.61. The molecular weight excluding hydrogens is 352 g/mol. The van der Waals surface area contributed by atoms with Crippen LogP contribution < -0.4 is 5.32 Å². The zero-order chi connectivity index (χ0) is 17.8. The number of halogens is 1. The average molecular weight is 371 g/mol. The molecule has 1 N–H and O–H groups in total. The Bertz CT molecular complexity index is 904. The molecule has 0 fully saturated rings. The van der Waals surface area contributed by atoms with Gasteiger partial charge in [-0.1, -0.05) is 53.6 Å². The summed E-state index contributed by atoms with van der Waals surface area (Å²) in [5, 5.41) is 6.38. The second-order valence-corrected chi connectivity index (χ2v) is 7.27. The summed E-state index contributed by atoms with van der Waals surface area (Å²) in [6, 6.07) is 13.8. The predicted octanol–water partition coefficient (Wildman–Crippen LogP) is 4.94. The average Bonchev–Trinajstić information content (AvgIpc) is 3.02. The van der Waals surface area contributed by atoms with E-state index >= 15 is 0 Å². The van der Waals surface area contributed by atoms with Crippen LogP contribution in [-0.2, 0) is 17.8 Å². The molecule has 25 heavy (non-hydrogen) atoms. The summed E-state index contributed by atoms with van der Waals surface area (Å²) >= 11 is 7.71. The van der Waals surface area contributed by atoms with Crippen LogP contribution in [0.4, 0.5) is 0 Å². The molecule has 1 heterocycles. The molecule has 3 rings (SSSR count). The standard InChI is InChI=1S/C20H19ClN2OS/c1-13-7-8-15(14(2)9-13)11-22-19(24)10-16-12-25-20(23-16)17-5-3-4-6-18(17)21/h3-9,12H,10-11H2,1-2H3,(H,22,24). The highest BCUT2D eigenvalue weighted by Crippen LogP contribution is 2.30. The Hall–Kier alpha value is -2.17. The highest BCUT2D eigenvalue weighted by molar-refractivity contribution is 7.13. The molecule has 128 valence electrons. The fraction of sp³-hybridized carbons (Fsp3) is 0.200. The summed E-state index contributed by atoms with van der Waals surface area (Å²) in [5.74, 6) is -0.0315. The molecule has 0 saturated heterocycles. The van der Waals surface area contributed by atoms with E-state index in [-0.39, 0.29) is 12.3 Å². The monoisotopic (exact) mass is 370 g/mol. The second-order valence-electron chi connectivity index (χ2n) is 6.01. The van der Waals surface area contributed by atoms with Gasteiger partial charge in [-0.2, -0.15) is 0 Å². The SMILES string of the molecule is Cc1ccc(CNC(=O)Cc2csc(-c3ccccc3Cl)n2)c(C)c1. The Morgan fingerprint density at radius 1 is 1.20 bits per heavy atom. The van der Waals surface area contributed by atoms with Crippen molar-refractivity contribution >= 4 is 28.8 Å². The van der Waals surface area contributed by atoms with Gasteiger partial charge in [0.2, 0.25) is 5.91 Å². The number of thiazole rings is 1. The summed E-state index contributed by atoms with van der Waals surface area (Å²) in [7, 11) is 0.